The molecule has 0 spiro atoms. The second-order valence-corrected chi connectivity index (χ2v) is 11.5. The third-order valence-electron chi connectivity index (χ3n) is 8.45. The molecule has 0 amide bonds. The average Bonchev–Trinajstić information content (AvgIpc) is 3.98. The Kier molecular flexibility index (Phi) is 13.4. The molecule has 0 fully saturated rings. The Morgan fingerprint density at radius 2 is 0.717 bits per heavy atom. The molecule has 2 nitrogen and oxygen atoms in total. The van der Waals surface area contributed by atoms with Crippen LogP contribution in [0.2, 0.25) is 0 Å². The third kappa shape index (κ3) is 8.24. The van der Waals surface area contributed by atoms with Crippen LogP contribution < -0.4 is 0 Å². The molecule has 0 bridgehead atoms. The summed E-state index contributed by atoms with van der Waals surface area (Å²) < 4.78 is 112. The van der Waals surface area contributed by atoms with E-state index in [0.717, 1.165) is 21.9 Å². The molecule has 0 atom stereocenters. The molecule has 8 aromatic rings. The van der Waals surface area contributed by atoms with E-state index in [1.54, 1.807) is 76.2 Å². The van der Waals surface area contributed by atoms with Crippen LogP contribution in [-0.4, -0.2) is 9.13 Å². The normalized spacial score (nSPS) is 10.5. The minimum Gasteiger partial charge on any atom is -0.331 e. The van der Waals surface area contributed by atoms with E-state index in [-0.39, 0.29) is 21.7 Å². The number of aromatic nitrogens is 2. The van der Waals surface area contributed by atoms with Gasteiger partial charge in [-0.1, -0.05) is 36.4 Å². The first-order valence-corrected chi connectivity index (χ1v) is 15.8. The van der Waals surface area contributed by atoms with Crippen LogP contribution >= 0.6 is 0 Å². The Balaban J connectivity index is 0.000000184. The van der Waals surface area contributed by atoms with E-state index in [1.165, 1.54) is 21.3 Å². The number of fused-ring (bicyclic) bond motifs is 2. The second kappa shape index (κ2) is 17.6. The minimum absolute atomic E-state index is 0. The topological polar surface area (TPSA) is 9.86 Å². The summed E-state index contributed by atoms with van der Waals surface area (Å²) in [4.78, 5) is 0. The Morgan fingerprint density at radius 1 is 0.434 bits per heavy atom. The molecule has 0 saturated heterocycles. The molecule has 0 aliphatic heterocycles. The van der Waals surface area contributed by atoms with Crippen molar-refractivity contribution in [3.63, 3.8) is 0 Å². The van der Waals surface area contributed by atoms with Gasteiger partial charge in [0.05, 0.1) is 57.6 Å². The minimum atomic E-state index is -1.54. The Bertz CT molecular complexity index is 2180. The summed E-state index contributed by atoms with van der Waals surface area (Å²) in [7, 11) is 0. The second-order valence-electron chi connectivity index (χ2n) is 11.5. The standard InChI is InChI=1S/2C16H10F4N.2C5H5.Ti/c2*1-8-9(2)21(13-6-4-3-5-10(8)13)16-14(19)11(17)7-12(18)15(16)20;2*1-2-4-5-3-1;/h2*3-6H,1-2H3;2*1-5H;/q4*-1;+4. The van der Waals surface area contributed by atoms with Crippen LogP contribution in [0, 0.1) is 86.4 Å². The Hall–Kier alpha value is -5.19. The molecule has 6 aromatic carbocycles. The van der Waals surface area contributed by atoms with Gasteiger partial charge in [-0.3, -0.25) is 17.6 Å². The molecule has 0 aliphatic rings. The predicted molar refractivity (Wildman–Crippen MR) is 187 cm³/mol. The number of hydrogen-bond donors (Lipinski definition) is 0. The number of halogens is 8. The molecule has 0 aliphatic carbocycles. The van der Waals surface area contributed by atoms with Gasteiger partial charge in [0.2, 0.25) is 0 Å². The smallest absolute Gasteiger partial charge is 0.331 e. The zero-order valence-electron chi connectivity index (χ0n) is 28.8. The van der Waals surface area contributed by atoms with Gasteiger partial charge in [-0.05, 0) is 51.0 Å². The molecule has 2 heterocycles. The van der Waals surface area contributed by atoms with E-state index in [2.05, 4.69) is 0 Å². The van der Waals surface area contributed by atoms with Gasteiger partial charge in [-0.2, -0.15) is 36.4 Å². The van der Waals surface area contributed by atoms with Crippen molar-refractivity contribution in [3.8, 4) is 11.4 Å². The number of benzene rings is 4. The fraction of sp³-hybridized carbons (Fsp3) is 0.0952. The van der Waals surface area contributed by atoms with Gasteiger partial charge in [0.1, 0.15) is 0 Å². The fourth-order valence-electron chi connectivity index (χ4n) is 5.69. The molecule has 8 rings (SSSR count). The van der Waals surface area contributed by atoms with Crippen LogP contribution in [-0.2, 0) is 21.7 Å². The summed E-state index contributed by atoms with van der Waals surface area (Å²) >= 11 is 0. The van der Waals surface area contributed by atoms with E-state index in [4.69, 9.17) is 0 Å². The monoisotopic (exact) mass is 762 g/mol. The summed E-state index contributed by atoms with van der Waals surface area (Å²) in [6.07, 6.45) is 0. The average molecular weight is 763 g/mol. The number of aryl methyl sites for hydroxylation is 2. The quantitative estimate of drug-likeness (QED) is 0.0718. The zero-order valence-corrected chi connectivity index (χ0v) is 30.4. The maximum Gasteiger partial charge on any atom is 4.00 e. The number of hydrogen-bond acceptors (Lipinski definition) is 0. The Labute approximate surface area is 316 Å². The van der Waals surface area contributed by atoms with Gasteiger partial charge in [0.25, 0.3) is 0 Å². The van der Waals surface area contributed by atoms with E-state index in [1.807, 2.05) is 60.7 Å². The van der Waals surface area contributed by atoms with Crippen molar-refractivity contribution >= 4 is 21.8 Å². The van der Waals surface area contributed by atoms with Crippen molar-refractivity contribution < 1.29 is 56.8 Å². The van der Waals surface area contributed by atoms with Crippen LogP contribution in [0.5, 0.6) is 0 Å². The maximum atomic E-state index is 14.0. The summed E-state index contributed by atoms with van der Waals surface area (Å²) in [6.45, 7) is 6.85. The van der Waals surface area contributed by atoms with Crippen LogP contribution in [0.25, 0.3) is 33.2 Å². The molecule has 0 N–H and O–H groups in total. The fourth-order valence-corrected chi connectivity index (χ4v) is 5.69. The van der Waals surface area contributed by atoms with Crippen LogP contribution in [0.4, 0.5) is 35.1 Å². The van der Waals surface area contributed by atoms with Gasteiger partial charge in [-0.15, -0.1) is 12.1 Å². The van der Waals surface area contributed by atoms with Crippen molar-refractivity contribution in [2.45, 2.75) is 27.7 Å². The molecule has 11 heteroatoms. The number of rotatable bonds is 2. The first-order valence-electron chi connectivity index (χ1n) is 15.8. The van der Waals surface area contributed by atoms with Crippen LogP contribution in [0.3, 0.4) is 0 Å². The predicted octanol–water partition coefficient (Wildman–Crippen LogP) is 12.0. The van der Waals surface area contributed by atoms with Crippen molar-refractivity contribution in [2.75, 3.05) is 0 Å². The van der Waals surface area contributed by atoms with E-state index in [9.17, 15) is 35.1 Å². The number of nitrogens with zero attached hydrogens (tertiary/aromatic N) is 2. The maximum absolute atomic E-state index is 14.0. The van der Waals surface area contributed by atoms with Crippen molar-refractivity contribution in [1.29, 1.82) is 0 Å². The van der Waals surface area contributed by atoms with Gasteiger partial charge in [0.15, 0.2) is 0 Å². The van der Waals surface area contributed by atoms with Gasteiger partial charge in [0, 0.05) is 33.5 Å². The molecule has 53 heavy (non-hydrogen) atoms. The van der Waals surface area contributed by atoms with E-state index >= 15 is 0 Å². The van der Waals surface area contributed by atoms with Gasteiger partial charge in [-0.25, -0.2) is 41.8 Å². The summed E-state index contributed by atoms with van der Waals surface area (Å²) in [5, 5.41) is 1.53. The number of para-hydroxylation sites is 2. The van der Waals surface area contributed by atoms with E-state index < -0.39 is 57.9 Å². The van der Waals surface area contributed by atoms with Crippen LogP contribution in [0.1, 0.15) is 22.5 Å². The third-order valence-corrected chi connectivity index (χ3v) is 8.45. The van der Waals surface area contributed by atoms with Gasteiger partial charge >= 0.3 is 21.7 Å². The van der Waals surface area contributed by atoms with Crippen LogP contribution in [0.15, 0.2) is 109 Å². The van der Waals surface area contributed by atoms with Crippen molar-refractivity contribution in [3.05, 3.63) is 190 Å². The SMILES string of the molecule is Cc1c(C)n(-c2c(F)c(F)[c-]c(F)c2F)c2ccccc12.Cc1c(C)n(-c2c(F)c(F)[c-]c(F)c2F)c2ccccc12.[Ti+4].c1cc[cH-]c1.c1cc[cH-]c1. The van der Waals surface area contributed by atoms with Gasteiger partial charge < -0.3 is 9.13 Å². The molecular weight excluding hydrogens is 732 g/mol. The first-order chi connectivity index (χ1) is 24.9. The summed E-state index contributed by atoms with van der Waals surface area (Å²) in [5.74, 6) is -12.0. The molecule has 268 valence electrons. The molecule has 0 saturated carbocycles. The Morgan fingerprint density at radius 3 is 0.981 bits per heavy atom. The molecule has 2 aromatic heterocycles. The first kappa shape index (κ1) is 40.6. The molecule has 0 radical (unpaired) electrons. The zero-order chi connectivity index (χ0) is 37.7. The summed E-state index contributed by atoms with van der Waals surface area (Å²) in [5.41, 5.74) is 2.05. The largest absolute Gasteiger partial charge is 4.00 e. The van der Waals surface area contributed by atoms with Crippen molar-refractivity contribution in [1.82, 2.24) is 9.13 Å². The van der Waals surface area contributed by atoms with E-state index in [0.29, 0.717) is 22.4 Å². The molecular formula is C42H30F8N2Ti. The molecule has 0 unspecified atom stereocenters. The van der Waals surface area contributed by atoms with Crippen molar-refractivity contribution in [2.24, 2.45) is 0 Å². The summed E-state index contributed by atoms with van der Waals surface area (Å²) in [6, 6.07) is 36.6.